The highest BCUT2D eigenvalue weighted by molar-refractivity contribution is 5.85. The second kappa shape index (κ2) is 29.0. The predicted octanol–water partition coefficient (Wildman–Crippen LogP) is -5.65. The first-order valence-electron chi connectivity index (χ1n) is 31.3. The van der Waals surface area contributed by atoms with Gasteiger partial charge >= 0.3 is 5.97 Å². The van der Waals surface area contributed by atoms with Crippen molar-refractivity contribution in [3.8, 4) is 0 Å². The largest absolute Gasteiger partial charge is 0.461 e. The first kappa shape index (κ1) is 71.1. The number of aliphatic hydroxyl groups excluding tert-OH is 17. The van der Waals surface area contributed by atoms with Gasteiger partial charge in [0.2, 0.25) is 0 Å². The van der Waals surface area contributed by atoms with Crippen LogP contribution in [0.4, 0.5) is 0 Å². The number of carbonyl (C=O) groups is 2. The van der Waals surface area contributed by atoms with Crippen molar-refractivity contribution in [2.45, 2.75) is 265 Å². The molecule has 0 aromatic heterocycles. The zero-order valence-electron chi connectivity index (χ0n) is 50.7. The molecule has 4 aliphatic carbocycles. The third-order valence-electron chi connectivity index (χ3n) is 21.7. The molecule has 9 rings (SSSR count). The van der Waals surface area contributed by atoms with Crippen LogP contribution in [-0.2, 0) is 61.7 Å². The molecular formula is C59H96O30. The molecule has 0 spiro atoms. The van der Waals surface area contributed by atoms with Gasteiger partial charge in [0.15, 0.2) is 31.5 Å². The molecule has 0 bridgehead atoms. The van der Waals surface area contributed by atoms with Crippen LogP contribution in [0.1, 0.15) is 98.8 Å². The van der Waals surface area contributed by atoms with Crippen LogP contribution in [0.5, 0.6) is 0 Å². The quantitative estimate of drug-likeness (QED) is 0.0355. The van der Waals surface area contributed by atoms with Gasteiger partial charge < -0.3 is 139 Å². The molecule has 30 nitrogen and oxygen atoms in total. The van der Waals surface area contributed by atoms with Gasteiger partial charge in [-0.05, 0) is 99.2 Å². The van der Waals surface area contributed by atoms with Gasteiger partial charge in [-0.15, -0.1) is 0 Å². The third kappa shape index (κ3) is 13.3. The number of aliphatic hydroxyl groups is 17. The van der Waals surface area contributed by atoms with Crippen LogP contribution in [0.3, 0.4) is 0 Å². The van der Waals surface area contributed by atoms with Crippen LogP contribution >= 0.6 is 0 Å². The number of ether oxygens (including phenoxy) is 11. The van der Waals surface area contributed by atoms with Crippen LogP contribution < -0.4 is 0 Å². The maximum atomic E-state index is 14.1. The van der Waals surface area contributed by atoms with Gasteiger partial charge in [-0.2, -0.15) is 0 Å². The molecule has 17 N–H and O–H groups in total. The third-order valence-corrected chi connectivity index (χ3v) is 21.7. The van der Waals surface area contributed by atoms with E-state index in [1.165, 1.54) is 0 Å². The molecular weight excluding hydrogens is 1190 g/mol. The van der Waals surface area contributed by atoms with E-state index in [1.807, 2.05) is 13.8 Å². The van der Waals surface area contributed by atoms with Crippen molar-refractivity contribution >= 4 is 11.8 Å². The molecule has 0 radical (unpaired) electrons. The van der Waals surface area contributed by atoms with E-state index in [-0.39, 0.29) is 47.9 Å². The van der Waals surface area contributed by atoms with Gasteiger partial charge in [-0.3, -0.25) is 9.59 Å². The standard InChI is InChI=1S/C59H96O30/c1-6-59(24(3)65)35(86-36(66)10-7-23(2)22-79-52-44(74)40(70)37(67)30(17-60)81-52)16-29-27-9-8-25-15-26(11-13-57(25,4)28(27)12-14-58(29,59)5)80-53-47(77)43(73)49(33(20-63)84-53)88-56-51(89-55-46(76)42(72)39(69)32(19-62)83-55)48(78)50(34(21-64)85-56)87-54-45(75)41(71)38(68)31(18-61)82-54/h8,23,26-35,37-56,60-64,67-78H,6-7,9-22H2,1-5H3/t23-,26-,27+,28-,29-,30+,31+,32+,33+,34+,35-,37+,38+,39+,40-,41-,42-,43+,44+,45+,46+,47+,48-,49-,50+,51+,52+,53+,54-,55-,56-,57-,58-,59+/m0/s1. The van der Waals surface area contributed by atoms with Crippen LogP contribution in [0.15, 0.2) is 11.6 Å². The predicted molar refractivity (Wildman–Crippen MR) is 295 cm³/mol. The molecule has 89 heavy (non-hydrogen) atoms. The van der Waals surface area contributed by atoms with Crippen LogP contribution in [0.2, 0.25) is 0 Å². The number of ketones is 1. The summed E-state index contributed by atoms with van der Waals surface area (Å²) in [6.07, 6.45) is -37.7. The monoisotopic (exact) mass is 1280 g/mol. The molecule has 34 atom stereocenters. The number of esters is 1. The zero-order chi connectivity index (χ0) is 64.9. The SMILES string of the molecule is CC[C@@]1(C(C)=O)[C@@H](OC(=O)CC[C@H](C)CO[C@@H]2O[C@H](CO)[C@@H](O)[C@H](O)[C@H]2O)C[C@H]2[C@@H]3CC=C4C[C@@H](O[C@@H]5O[C@H](CO)[C@H](O[C@@H]6O[C@H](CO)[C@@H](O[C@@H]7O[C@H](CO)[C@@H](O)[C@H](O)[C@H]7O)[C@H](O)[C@H]6O[C@@H]6O[C@H](CO)[C@@H](O)[C@H](O)[C@H]6O)[C@H](O)[C@H]5O)CC[C@]4(C)[C@H]3CC[C@@]21C. The molecule has 9 aliphatic rings. The molecule has 3 saturated carbocycles. The number of carbonyl (C=O) groups excluding carboxylic acids is 2. The van der Waals surface area contributed by atoms with E-state index in [4.69, 9.17) is 52.1 Å². The lowest BCUT2D eigenvalue weighted by Gasteiger charge is -2.59. The van der Waals surface area contributed by atoms with Gasteiger partial charge in [0.1, 0.15) is 134 Å². The number of fused-ring (bicyclic) bond motifs is 5. The van der Waals surface area contributed by atoms with Crippen LogP contribution in [-0.4, -0.2) is 304 Å². The Morgan fingerprint density at radius 2 is 1.03 bits per heavy atom. The van der Waals surface area contributed by atoms with Crippen molar-refractivity contribution in [3.63, 3.8) is 0 Å². The van der Waals surface area contributed by atoms with E-state index in [1.54, 1.807) is 6.92 Å². The highest BCUT2D eigenvalue weighted by Crippen LogP contribution is 2.71. The molecule has 5 heterocycles. The summed E-state index contributed by atoms with van der Waals surface area (Å²) >= 11 is 0. The van der Waals surface area contributed by atoms with Crippen molar-refractivity contribution in [2.75, 3.05) is 39.6 Å². The normalized spacial score (nSPS) is 50.5. The second-order valence-electron chi connectivity index (χ2n) is 26.6. The Morgan fingerprint density at radius 3 is 1.57 bits per heavy atom. The number of hydrogen-bond donors (Lipinski definition) is 17. The van der Waals surface area contributed by atoms with E-state index in [0.717, 1.165) is 12.0 Å². The van der Waals surface area contributed by atoms with E-state index in [2.05, 4.69) is 19.9 Å². The Kier molecular flexibility index (Phi) is 23.2. The van der Waals surface area contributed by atoms with Gasteiger partial charge in [0, 0.05) is 6.42 Å². The van der Waals surface area contributed by atoms with Crippen molar-refractivity contribution in [1.29, 1.82) is 0 Å². The average Bonchev–Trinajstić information content (AvgIpc) is 1.58. The van der Waals surface area contributed by atoms with E-state index in [9.17, 15) is 96.4 Å². The van der Waals surface area contributed by atoms with E-state index >= 15 is 0 Å². The number of Topliss-reactive ketones (excluding diaryl/α,β-unsaturated/α-hetero) is 1. The highest BCUT2D eigenvalue weighted by Gasteiger charge is 2.70. The maximum Gasteiger partial charge on any atom is 0.306 e. The lowest BCUT2D eigenvalue weighted by atomic mass is 9.45. The number of hydrogen-bond acceptors (Lipinski definition) is 30. The molecule has 5 aliphatic heterocycles. The Hall–Kier alpha value is -2.20. The number of rotatable bonds is 22. The fourth-order valence-corrected chi connectivity index (χ4v) is 16.5. The summed E-state index contributed by atoms with van der Waals surface area (Å²) in [7, 11) is 0. The molecule has 512 valence electrons. The first-order valence-corrected chi connectivity index (χ1v) is 31.3. The minimum absolute atomic E-state index is 0.0164. The van der Waals surface area contributed by atoms with Crippen LogP contribution in [0.25, 0.3) is 0 Å². The van der Waals surface area contributed by atoms with Gasteiger partial charge in [0.25, 0.3) is 0 Å². The van der Waals surface area contributed by atoms with E-state index in [0.29, 0.717) is 51.4 Å². The summed E-state index contributed by atoms with van der Waals surface area (Å²) in [4.78, 5) is 27.9. The average molecular weight is 1290 g/mol. The molecule has 0 unspecified atom stereocenters. The molecule has 5 saturated heterocycles. The van der Waals surface area contributed by atoms with Gasteiger partial charge in [0.05, 0.1) is 51.2 Å². The lowest BCUT2D eigenvalue weighted by molar-refractivity contribution is -0.403. The first-order chi connectivity index (χ1) is 42.2. The fourth-order valence-electron chi connectivity index (χ4n) is 16.5. The van der Waals surface area contributed by atoms with Crippen molar-refractivity contribution in [1.82, 2.24) is 0 Å². The minimum atomic E-state index is -2.11. The number of allylic oxidation sites excluding steroid dienone is 1. The minimum Gasteiger partial charge on any atom is -0.461 e. The van der Waals surface area contributed by atoms with Gasteiger partial charge in [-0.25, -0.2) is 0 Å². The Bertz CT molecular complexity index is 2370. The molecule has 0 aromatic rings. The zero-order valence-corrected chi connectivity index (χ0v) is 50.7. The van der Waals surface area contributed by atoms with Crippen molar-refractivity contribution in [2.24, 2.45) is 39.9 Å². The summed E-state index contributed by atoms with van der Waals surface area (Å²) in [5.41, 5.74) is -0.610. The fraction of sp³-hybridized carbons (Fsp3) is 0.932. The summed E-state index contributed by atoms with van der Waals surface area (Å²) in [5.74, 6) is -0.385. The second-order valence-corrected chi connectivity index (χ2v) is 26.6. The van der Waals surface area contributed by atoms with E-state index < -0.39 is 216 Å². The maximum absolute atomic E-state index is 14.1. The van der Waals surface area contributed by atoms with Crippen molar-refractivity contribution in [3.05, 3.63) is 11.6 Å². The van der Waals surface area contributed by atoms with Crippen LogP contribution in [0, 0.1) is 39.9 Å². The summed E-state index contributed by atoms with van der Waals surface area (Å²) < 4.78 is 65.1. The Labute approximate surface area is 514 Å². The molecule has 8 fully saturated rings. The topological polar surface area (TPSA) is 480 Å². The van der Waals surface area contributed by atoms with Gasteiger partial charge in [-0.1, -0.05) is 39.3 Å². The Morgan fingerprint density at radius 1 is 0.562 bits per heavy atom. The molecule has 0 aromatic carbocycles. The lowest BCUT2D eigenvalue weighted by Crippen LogP contribution is -2.68. The smallest absolute Gasteiger partial charge is 0.306 e. The van der Waals surface area contributed by atoms with Crippen molar-refractivity contribution < 1.29 is 149 Å². The summed E-state index contributed by atoms with van der Waals surface area (Å²) in [6.45, 7) is 5.65. The Balaban J connectivity index is 0.848. The molecule has 0 amide bonds. The summed E-state index contributed by atoms with van der Waals surface area (Å²) in [5, 5.41) is 181. The highest BCUT2D eigenvalue weighted by atomic mass is 16.8. The molecule has 30 heteroatoms. The summed E-state index contributed by atoms with van der Waals surface area (Å²) in [6, 6.07) is 0.